The lowest BCUT2D eigenvalue weighted by molar-refractivity contribution is 0.315. The third kappa shape index (κ3) is 3.40. The van der Waals surface area contributed by atoms with E-state index in [1.807, 2.05) is 0 Å². The maximum Gasteiger partial charge on any atom is 0.218 e. The van der Waals surface area contributed by atoms with Gasteiger partial charge in [-0.15, -0.1) is 6.58 Å². The summed E-state index contributed by atoms with van der Waals surface area (Å²) in [4.78, 5) is 7.93. The summed E-state index contributed by atoms with van der Waals surface area (Å²) in [7, 11) is 0. The first kappa shape index (κ1) is 10.5. The lowest BCUT2D eigenvalue weighted by atomic mass is 10.5. The van der Waals surface area contributed by atoms with Gasteiger partial charge >= 0.3 is 0 Å². The number of nitrogens with zero attached hydrogens (tertiary/aromatic N) is 2. The molecule has 1 heterocycles. The van der Waals surface area contributed by atoms with Crippen molar-refractivity contribution in [2.24, 2.45) is 5.73 Å². The van der Waals surface area contributed by atoms with E-state index in [4.69, 9.17) is 10.5 Å². The molecule has 0 amide bonds. The van der Waals surface area contributed by atoms with Crippen LogP contribution in [0.5, 0.6) is 5.88 Å². The Kier molecular flexibility index (Phi) is 4.43. The predicted octanol–water partition coefficient (Wildman–Crippen LogP) is 0.412. The summed E-state index contributed by atoms with van der Waals surface area (Å²) in [5.74, 6) is 1.24. The van der Waals surface area contributed by atoms with E-state index in [2.05, 4.69) is 21.9 Å². The van der Waals surface area contributed by atoms with E-state index < -0.39 is 0 Å². The van der Waals surface area contributed by atoms with Crippen LogP contribution in [0.15, 0.2) is 25.0 Å². The molecule has 5 heteroatoms. The van der Waals surface area contributed by atoms with E-state index in [0.29, 0.717) is 31.4 Å². The molecule has 0 spiro atoms. The number of hydrogen-bond donors (Lipinski definition) is 2. The van der Waals surface area contributed by atoms with Crippen LogP contribution in [0.2, 0.25) is 0 Å². The molecule has 0 saturated heterocycles. The second-order valence-corrected chi connectivity index (χ2v) is 2.55. The molecule has 1 aromatic heterocycles. The molecule has 1 rings (SSSR count). The average Bonchev–Trinajstić information content (AvgIpc) is 2.24. The van der Waals surface area contributed by atoms with Crippen LogP contribution in [0, 0.1) is 0 Å². The van der Waals surface area contributed by atoms with E-state index >= 15 is 0 Å². The molecule has 0 aliphatic rings. The molecule has 0 aliphatic heterocycles. The second kappa shape index (κ2) is 5.93. The van der Waals surface area contributed by atoms with Crippen molar-refractivity contribution in [3.63, 3.8) is 0 Å². The van der Waals surface area contributed by atoms with Crippen LogP contribution < -0.4 is 15.8 Å². The molecular formula is C9H14N4O. The lowest BCUT2D eigenvalue weighted by Gasteiger charge is -2.05. The number of rotatable bonds is 6. The maximum atomic E-state index is 5.30. The van der Waals surface area contributed by atoms with Gasteiger partial charge < -0.3 is 15.8 Å². The summed E-state index contributed by atoms with van der Waals surface area (Å²) in [6, 6.07) is 1.72. The van der Waals surface area contributed by atoms with Crippen molar-refractivity contribution in [2.45, 2.75) is 0 Å². The fourth-order valence-corrected chi connectivity index (χ4v) is 0.855. The smallest absolute Gasteiger partial charge is 0.218 e. The van der Waals surface area contributed by atoms with Crippen molar-refractivity contribution < 1.29 is 4.74 Å². The normalized spacial score (nSPS) is 9.50. The van der Waals surface area contributed by atoms with Gasteiger partial charge in [0.2, 0.25) is 5.88 Å². The van der Waals surface area contributed by atoms with Gasteiger partial charge in [0, 0.05) is 19.2 Å². The zero-order valence-corrected chi connectivity index (χ0v) is 7.94. The van der Waals surface area contributed by atoms with E-state index in [-0.39, 0.29) is 0 Å². The van der Waals surface area contributed by atoms with Crippen molar-refractivity contribution in [3.8, 4) is 5.88 Å². The van der Waals surface area contributed by atoms with Crippen LogP contribution in [-0.4, -0.2) is 29.7 Å². The summed E-state index contributed by atoms with van der Waals surface area (Å²) in [5.41, 5.74) is 5.30. The molecule has 0 saturated carbocycles. The third-order valence-corrected chi connectivity index (χ3v) is 1.44. The van der Waals surface area contributed by atoms with Gasteiger partial charge in [0.1, 0.15) is 18.8 Å². The van der Waals surface area contributed by atoms with E-state index in [9.17, 15) is 0 Å². The zero-order chi connectivity index (χ0) is 10.2. The monoisotopic (exact) mass is 194 g/mol. The quantitative estimate of drug-likeness (QED) is 0.642. The van der Waals surface area contributed by atoms with Crippen LogP contribution in [0.3, 0.4) is 0 Å². The molecule has 3 N–H and O–H groups in total. The Labute approximate surface area is 83.0 Å². The Balaban J connectivity index is 2.54. The minimum Gasteiger partial charge on any atom is -0.476 e. The average molecular weight is 194 g/mol. The highest BCUT2D eigenvalue weighted by Crippen LogP contribution is 2.09. The Bertz CT molecular complexity index is 290. The number of hydrogen-bond acceptors (Lipinski definition) is 5. The van der Waals surface area contributed by atoms with Crippen molar-refractivity contribution in [1.29, 1.82) is 0 Å². The number of aromatic nitrogens is 2. The first-order valence-corrected chi connectivity index (χ1v) is 4.36. The Morgan fingerprint density at radius 2 is 2.43 bits per heavy atom. The minimum atomic E-state index is 0.456. The van der Waals surface area contributed by atoms with Gasteiger partial charge in [-0.05, 0) is 0 Å². The largest absolute Gasteiger partial charge is 0.476 e. The van der Waals surface area contributed by atoms with Gasteiger partial charge in [0.15, 0.2) is 0 Å². The molecule has 0 fully saturated rings. The number of nitrogens with one attached hydrogen (secondary N) is 1. The molecular weight excluding hydrogens is 180 g/mol. The highest BCUT2D eigenvalue weighted by molar-refractivity contribution is 5.37. The van der Waals surface area contributed by atoms with Gasteiger partial charge in [0.25, 0.3) is 0 Å². The lowest BCUT2D eigenvalue weighted by Crippen LogP contribution is -2.11. The van der Waals surface area contributed by atoms with E-state index in [0.717, 1.165) is 0 Å². The fraction of sp³-hybridized carbons (Fsp3) is 0.333. The SMILES string of the molecule is C=CCNc1cc(OCCN)ncn1. The third-order valence-electron chi connectivity index (χ3n) is 1.44. The van der Waals surface area contributed by atoms with Crippen LogP contribution >= 0.6 is 0 Å². The summed E-state index contributed by atoms with van der Waals surface area (Å²) in [6.45, 7) is 5.18. The van der Waals surface area contributed by atoms with Crippen molar-refractivity contribution in [3.05, 3.63) is 25.0 Å². The summed E-state index contributed by atoms with van der Waals surface area (Å²) < 4.78 is 5.23. The van der Waals surface area contributed by atoms with Gasteiger partial charge in [-0.2, -0.15) is 0 Å². The molecule has 0 aromatic carbocycles. The Morgan fingerprint density at radius 3 is 3.14 bits per heavy atom. The molecule has 14 heavy (non-hydrogen) atoms. The number of nitrogens with two attached hydrogens (primary N) is 1. The zero-order valence-electron chi connectivity index (χ0n) is 7.94. The topological polar surface area (TPSA) is 73.1 Å². The molecule has 0 radical (unpaired) electrons. The number of anilines is 1. The van der Waals surface area contributed by atoms with Crippen LogP contribution in [0.25, 0.3) is 0 Å². The first-order valence-electron chi connectivity index (χ1n) is 4.36. The summed E-state index contributed by atoms with van der Waals surface area (Å²) >= 11 is 0. The molecule has 0 unspecified atom stereocenters. The van der Waals surface area contributed by atoms with Crippen molar-refractivity contribution in [1.82, 2.24) is 9.97 Å². The highest BCUT2D eigenvalue weighted by Gasteiger charge is 1.97. The molecule has 5 nitrogen and oxygen atoms in total. The first-order chi connectivity index (χ1) is 6.86. The van der Waals surface area contributed by atoms with Gasteiger partial charge in [0.05, 0.1) is 0 Å². The number of ether oxygens (including phenoxy) is 1. The van der Waals surface area contributed by atoms with E-state index in [1.165, 1.54) is 6.33 Å². The van der Waals surface area contributed by atoms with Gasteiger partial charge in [-0.1, -0.05) is 6.08 Å². The fourth-order valence-electron chi connectivity index (χ4n) is 0.855. The van der Waals surface area contributed by atoms with Gasteiger partial charge in [-0.25, -0.2) is 9.97 Å². The molecule has 0 aliphatic carbocycles. The van der Waals surface area contributed by atoms with Gasteiger partial charge in [-0.3, -0.25) is 0 Å². The Morgan fingerprint density at radius 1 is 1.57 bits per heavy atom. The molecule has 76 valence electrons. The highest BCUT2D eigenvalue weighted by atomic mass is 16.5. The van der Waals surface area contributed by atoms with Crippen molar-refractivity contribution in [2.75, 3.05) is 25.0 Å². The van der Waals surface area contributed by atoms with Crippen molar-refractivity contribution >= 4 is 5.82 Å². The minimum absolute atomic E-state index is 0.456. The Hall–Kier alpha value is -1.62. The molecule has 1 aromatic rings. The van der Waals surface area contributed by atoms with Crippen LogP contribution in [0.4, 0.5) is 5.82 Å². The predicted molar refractivity (Wildman–Crippen MR) is 55.3 cm³/mol. The summed E-state index contributed by atoms with van der Waals surface area (Å²) in [5, 5.41) is 3.03. The standard InChI is InChI=1S/C9H14N4O/c1-2-4-11-8-6-9(13-7-12-8)14-5-3-10/h2,6-7H,1,3-5,10H2,(H,11,12,13). The van der Waals surface area contributed by atoms with E-state index in [1.54, 1.807) is 12.1 Å². The molecule has 0 atom stereocenters. The summed E-state index contributed by atoms with van der Waals surface area (Å²) in [6.07, 6.45) is 3.19. The maximum absolute atomic E-state index is 5.30. The van der Waals surface area contributed by atoms with Crippen LogP contribution in [0.1, 0.15) is 0 Å². The second-order valence-electron chi connectivity index (χ2n) is 2.55. The molecule has 0 bridgehead atoms. The van der Waals surface area contributed by atoms with Crippen LogP contribution in [-0.2, 0) is 0 Å².